The first kappa shape index (κ1) is 11.9. The number of nitrogens with zero attached hydrogens (tertiary/aromatic N) is 1. The minimum atomic E-state index is -1.82. The first-order chi connectivity index (χ1) is 8.02. The van der Waals surface area contributed by atoms with Crippen LogP contribution in [-0.2, 0) is 16.0 Å². The molecule has 1 aromatic carbocycles. The summed E-state index contributed by atoms with van der Waals surface area (Å²) in [6.45, 7) is 0. The maximum absolute atomic E-state index is 11.6. The molecule has 1 aliphatic carbocycles. The number of carbonyl (C=O) groups is 1. The van der Waals surface area contributed by atoms with E-state index >= 15 is 0 Å². The number of hydrogen-bond donors (Lipinski definition) is 2. The van der Waals surface area contributed by atoms with Crippen molar-refractivity contribution in [1.29, 1.82) is 0 Å². The zero-order valence-corrected chi connectivity index (χ0v) is 9.86. The summed E-state index contributed by atoms with van der Waals surface area (Å²) >= 11 is 5.85. The molecule has 3 N–H and O–H groups in total. The molecule has 17 heavy (non-hydrogen) atoms. The molecule has 0 aromatic heterocycles. The van der Waals surface area contributed by atoms with Gasteiger partial charge < -0.3 is 15.7 Å². The van der Waals surface area contributed by atoms with Crippen LogP contribution in [-0.4, -0.2) is 29.5 Å². The normalized spacial score (nSPS) is 24.8. The van der Waals surface area contributed by atoms with Gasteiger partial charge in [-0.3, -0.25) is 0 Å². The molecule has 1 atom stereocenters. The lowest BCUT2D eigenvalue weighted by Crippen LogP contribution is -2.46. The second kappa shape index (κ2) is 4.01. The number of hydrogen-bond acceptors (Lipinski definition) is 5. The second-order valence-corrected chi connectivity index (χ2v) is 4.24. The maximum Gasteiger partial charge on any atom is 0.344 e. The largest absolute Gasteiger partial charge is 0.467 e. The van der Waals surface area contributed by atoms with E-state index in [0.717, 1.165) is 5.56 Å². The van der Waals surface area contributed by atoms with Crippen molar-refractivity contribution in [2.24, 2.45) is 10.9 Å². The van der Waals surface area contributed by atoms with Crippen LogP contribution in [0, 0.1) is 0 Å². The van der Waals surface area contributed by atoms with Crippen molar-refractivity contribution in [1.82, 2.24) is 0 Å². The average Bonchev–Trinajstić information content (AvgIpc) is 2.59. The lowest BCUT2D eigenvalue weighted by Gasteiger charge is -2.19. The molecular formula is C11H11ClN2O3. The van der Waals surface area contributed by atoms with Gasteiger partial charge in [0.2, 0.25) is 5.60 Å². The molecule has 0 saturated carbocycles. The fourth-order valence-corrected chi connectivity index (χ4v) is 2.23. The van der Waals surface area contributed by atoms with Crippen LogP contribution >= 0.6 is 11.6 Å². The van der Waals surface area contributed by atoms with Gasteiger partial charge in [-0.05, 0) is 17.7 Å². The molecule has 0 spiro atoms. The standard InChI is InChI=1S/C11H11ClN2O3/c1-17-10(15)11(16)5-6-4-7(12)2-3-8(6)9(11)14-13/h2-4,16H,5,13H2,1H3/b14-9-. The van der Waals surface area contributed by atoms with E-state index in [1.54, 1.807) is 18.2 Å². The van der Waals surface area contributed by atoms with Crippen molar-refractivity contribution in [3.8, 4) is 0 Å². The highest BCUT2D eigenvalue weighted by Crippen LogP contribution is 2.33. The number of ether oxygens (including phenoxy) is 1. The van der Waals surface area contributed by atoms with Gasteiger partial charge in [0.05, 0.1) is 7.11 Å². The van der Waals surface area contributed by atoms with E-state index in [0.29, 0.717) is 10.6 Å². The summed E-state index contributed by atoms with van der Waals surface area (Å²) in [5, 5.41) is 14.3. The maximum atomic E-state index is 11.6. The van der Waals surface area contributed by atoms with Crippen molar-refractivity contribution < 1.29 is 14.6 Å². The third kappa shape index (κ3) is 1.67. The Kier molecular flexibility index (Phi) is 2.81. The molecule has 0 radical (unpaired) electrons. The third-order valence-electron chi connectivity index (χ3n) is 2.81. The molecule has 1 unspecified atom stereocenters. The number of esters is 1. The highest BCUT2D eigenvalue weighted by molar-refractivity contribution is 6.31. The molecule has 2 rings (SSSR count). The summed E-state index contributed by atoms with van der Waals surface area (Å²) in [4.78, 5) is 11.6. The fraction of sp³-hybridized carbons (Fsp3) is 0.273. The van der Waals surface area contributed by atoms with Gasteiger partial charge in [0.1, 0.15) is 5.71 Å². The topological polar surface area (TPSA) is 84.9 Å². The van der Waals surface area contributed by atoms with E-state index in [1.165, 1.54) is 7.11 Å². The smallest absolute Gasteiger partial charge is 0.344 e. The van der Waals surface area contributed by atoms with Crippen LogP contribution in [0.1, 0.15) is 11.1 Å². The quantitative estimate of drug-likeness (QED) is 0.433. The Morgan fingerprint density at radius 3 is 2.94 bits per heavy atom. The average molecular weight is 255 g/mol. The predicted octanol–water partition coefficient (Wildman–Crippen LogP) is 0.463. The van der Waals surface area contributed by atoms with Crippen molar-refractivity contribution in [2.45, 2.75) is 12.0 Å². The Morgan fingerprint density at radius 2 is 2.35 bits per heavy atom. The number of aliphatic hydroxyl groups is 1. The number of methoxy groups -OCH3 is 1. The molecule has 90 valence electrons. The van der Waals surface area contributed by atoms with Crippen LogP contribution < -0.4 is 5.84 Å². The van der Waals surface area contributed by atoms with Gasteiger partial charge in [0, 0.05) is 17.0 Å². The van der Waals surface area contributed by atoms with Gasteiger partial charge in [-0.2, -0.15) is 5.10 Å². The molecule has 1 aromatic rings. The molecule has 0 saturated heterocycles. The lowest BCUT2D eigenvalue weighted by atomic mass is 9.99. The van der Waals surface area contributed by atoms with Gasteiger partial charge in [-0.25, -0.2) is 4.79 Å². The minimum absolute atomic E-state index is 0.0611. The van der Waals surface area contributed by atoms with Crippen molar-refractivity contribution in [3.63, 3.8) is 0 Å². The fourth-order valence-electron chi connectivity index (χ4n) is 2.04. The van der Waals surface area contributed by atoms with Gasteiger partial charge in [0.25, 0.3) is 0 Å². The first-order valence-corrected chi connectivity index (χ1v) is 5.28. The third-order valence-corrected chi connectivity index (χ3v) is 3.05. The van der Waals surface area contributed by atoms with E-state index in [1.807, 2.05) is 0 Å². The van der Waals surface area contributed by atoms with Crippen molar-refractivity contribution in [2.75, 3.05) is 7.11 Å². The Morgan fingerprint density at radius 1 is 1.65 bits per heavy atom. The molecule has 0 bridgehead atoms. The second-order valence-electron chi connectivity index (χ2n) is 3.81. The van der Waals surface area contributed by atoms with E-state index in [9.17, 15) is 9.90 Å². The van der Waals surface area contributed by atoms with Crippen LogP contribution in [0.5, 0.6) is 0 Å². The van der Waals surface area contributed by atoms with E-state index in [-0.39, 0.29) is 12.1 Å². The summed E-state index contributed by atoms with van der Waals surface area (Å²) in [5.74, 6) is 4.46. The Bertz CT molecular complexity index is 515. The summed E-state index contributed by atoms with van der Waals surface area (Å²) in [6, 6.07) is 4.99. The van der Waals surface area contributed by atoms with Crippen LogP contribution in [0.25, 0.3) is 0 Å². The molecule has 0 fully saturated rings. The number of fused-ring (bicyclic) bond motifs is 1. The summed E-state index contributed by atoms with van der Waals surface area (Å²) in [7, 11) is 1.20. The number of benzene rings is 1. The molecule has 0 amide bonds. The number of carbonyl (C=O) groups excluding carboxylic acids is 1. The SMILES string of the molecule is COC(=O)C1(O)Cc2cc(Cl)ccc2/C1=N/N. The summed E-state index contributed by atoms with van der Waals surface area (Å²) in [5.41, 5.74) is -0.383. The van der Waals surface area contributed by atoms with Gasteiger partial charge in [0.15, 0.2) is 0 Å². The minimum Gasteiger partial charge on any atom is -0.467 e. The molecular weight excluding hydrogens is 244 g/mol. The van der Waals surface area contributed by atoms with Crippen molar-refractivity contribution >= 4 is 23.3 Å². The highest BCUT2D eigenvalue weighted by atomic mass is 35.5. The van der Waals surface area contributed by atoms with Crippen LogP contribution in [0.15, 0.2) is 23.3 Å². The predicted molar refractivity (Wildman–Crippen MR) is 62.8 cm³/mol. The van der Waals surface area contributed by atoms with Crippen LogP contribution in [0.4, 0.5) is 0 Å². The zero-order chi connectivity index (χ0) is 12.6. The number of halogens is 1. The molecule has 1 aliphatic rings. The Balaban J connectivity index is 2.56. The van der Waals surface area contributed by atoms with Gasteiger partial charge >= 0.3 is 5.97 Å². The number of hydrazone groups is 1. The zero-order valence-electron chi connectivity index (χ0n) is 9.11. The van der Waals surface area contributed by atoms with Crippen molar-refractivity contribution in [3.05, 3.63) is 34.3 Å². The number of nitrogens with two attached hydrogens (primary N) is 1. The van der Waals surface area contributed by atoms with E-state index in [2.05, 4.69) is 9.84 Å². The first-order valence-electron chi connectivity index (χ1n) is 4.91. The summed E-state index contributed by atoms with van der Waals surface area (Å²) in [6.07, 6.45) is 0.0611. The lowest BCUT2D eigenvalue weighted by molar-refractivity contribution is -0.154. The van der Waals surface area contributed by atoms with E-state index < -0.39 is 11.6 Å². The molecule has 6 heteroatoms. The molecule has 0 heterocycles. The Labute approximate surface area is 103 Å². The van der Waals surface area contributed by atoms with Gasteiger partial charge in [-0.15, -0.1) is 0 Å². The monoisotopic (exact) mass is 254 g/mol. The molecule has 0 aliphatic heterocycles. The highest BCUT2D eigenvalue weighted by Gasteiger charge is 2.49. The van der Waals surface area contributed by atoms with Crippen LogP contribution in [0.3, 0.4) is 0 Å². The number of rotatable bonds is 1. The molecule has 5 nitrogen and oxygen atoms in total. The van der Waals surface area contributed by atoms with Crippen LogP contribution in [0.2, 0.25) is 5.02 Å². The summed E-state index contributed by atoms with van der Waals surface area (Å²) < 4.78 is 4.57. The van der Waals surface area contributed by atoms with E-state index in [4.69, 9.17) is 17.4 Å². The Hall–Kier alpha value is -1.59. The van der Waals surface area contributed by atoms with Gasteiger partial charge in [-0.1, -0.05) is 17.7 Å².